The molecule has 1 amide bonds. The van der Waals surface area contributed by atoms with Gasteiger partial charge in [-0.3, -0.25) is 4.79 Å². The summed E-state index contributed by atoms with van der Waals surface area (Å²) in [4.78, 5) is 11.9. The molecular formula is C18H16BrN3O4. The van der Waals surface area contributed by atoms with E-state index >= 15 is 0 Å². The third-order valence-electron chi connectivity index (χ3n) is 3.79. The number of carbonyl (C=O) groups excluding carboxylic acids is 1. The van der Waals surface area contributed by atoms with Gasteiger partial charge in [0, 0.05) is 16.9 Å². The Morgan fingerprint density at radius 2 is 1.88 bits per heavy atom. The summed E-state index contributed by atoms with van der Waals surface area (Å²) in [6, 6.07) is 12.3. The number of benzene rings is 2. The summed E-state index contributed by atoms with van der Waals surface area (Å²) < 4.78 is 12.8. The number of hydrogen-bond acceptors (Lipinski definition) is 5. The summed E-state index contributed by atoms with van der Waals surface area (Å²) in [5, 5.41) is 18.5. The molecule has 0 aliphatic carbocycles. The van der Waals surface area contributed by atoms with Gasteiger partial charge in [0.15, 0.2) is 12.3 Å². The number of aromatic nitrogens is 1. The zero-order valence-electron chi connectivity index (χ0n) is 14.1. The van der Waals surface area contributed by atoms with Gasteiger partial charge >= 0.3 is 5.91 Å². The van der Waals surface area contributed by atoms with E-state index in [1.54, 1.807) is 43.0 Å². The van der Waals surface area contributed by atoms with E-state index in [4.69, 9.17) is 9.47 Å². The van der Waals surface area contributed by atoms with Crippen molar-refractivity contribution in [2.24, 2.45) is 17.3 Å². The SMILES string of the molecule is COc1ccc(OCC(=O)N=Nc2c(O)n(C)c3ccc(Br)cc23)cc1. The zero-order chi connectivity index (χ0) is 18.7. The molecule has 7 nitrogen and oxygen atoms in total. The highest BCUT2D eigenvalue weighted by Gasteiger charge is 2.15. The van der Waals surface area contributed by atoms with Crippen molar-refractivity contribution in [1.29, 1.82) is 0 Å². The number of ether oxygens (including phenoxy) is 2. The van der Waals surface area contributed by atoms with E-state index in [2.05, 4.69) is 26.2 Å². The standard InChI is InChI=1S/C18H16BrN3O4/c1-22-15-8-3-11(19)9-14(15)17(18(22)24)21-20-16(23)10-26-13-6-4-12(25-2)5-7-13/h3-9,24H,10H2,1-2H3. The smallest absolute Gasteiger partial charge is 0.302 e. The van der Waals surface area contributed by atoms with Gasteiger partial charge in [-0.2, -0.15) is 0 Å². The van der Waals surface area contributed by atoms with Crippen LogP contribution in [0.2, 0.25) is 0 Å². The Bertz CT molecular complexity index is 980. The number of aromatic hydroxyl groups is 1. The maximum atomic E-state index is 11.9. The van der Waals surface area contributed by atoms with Crippen LogP contribution < -0.4 is 9.47 Å². The van der Waals surface area contributed by atoms with Crippen LogP contribution in [0, 0.1) is 0 Å². The molecule has 0 fully saturated rings. The van der Waals surface area contributed by atoms with Crippen LogP contribution >= 0.6 is 15.9 Å². The van der Waals surface area contributed by atoms with Crippen LogP contribution in [-0.4, -0.2) is 29.3 Å². The first-order valence-corrected chi connectivity index (χ1v) is 8.47. The van der Waals surface area contributed by atoms with E-state index in [0.717, 1.165) is 9.99 Å². The Balaban J connectivity index is 1.73. The maximum absolute atomic E-state index is 11.9. The third kappa shape index (κ3) is 3.70. The van der Waals surface area contributed by atoms with Crippen LogP contribution in [0.25, 0.3) is 10.9 Å². The van der Waals surface area contributed by atoms with Crippen LogP contribution in [0.1, 0.15) is 0 Å². The highest BCUT2D eigenvalue weighted by Crippen LogP contribution is 2.39. The van der Waals surface area contributed by atoms with E-state index < -0.39 is 5.91 Å². The van der Waals surface area contributed by atoms with E-state index in [9.17, 15) is 9.90 Å². The fourth-order valence-corrected chi connectivity index (χ4v) is 2.80. The van der Waals surface area contributed by atoms with Crippen molar-refractivity contribution in [3.8, 4) is 17.4 Å². The second kappa shape index (κ2) is 7.57. The van der Waals surface area contributed by atoms with Gasteiger partial charge in [0.25, 0.3) is 0 Å². The molecule has 3 rings (SSSR count). The largest absolute Gasteiger partial charge is 0.497 e. The Morgan fingerprint density at radius 1 is 1.19 bits per heavy atom. The van der Waals surface area contributed by atoms with Crippen LogP contribution in [0.5, 0.6) is 17.4 Å². The van der Waals surface area contributed by atoms with Gasteiger partial charge in [-0.05, 0) is 42.5 Å². The number of nitrogens with zero attached hydrogens (tertiary/aromatic N) is 3. The van der Waals surface area contributed by atoms with Crippen molar-refractivity contribution >= 4 is 38.4 Å². The number of methoxy groups -OCH3 is 1. The summed E-state index contributed by atoms with van der Waals surface area (Å²) in [5.74, 6) is 0.588. The highest BCUT2D eigenvalue weighted by molar-refractivity contribution is 9.10. The Morgan fingerprint density at radius 3 is 2.58 bits per heavy atom. The minimum atomic E-state index is -0.563. The van der Waals surface area contributed by atoms with Crippen LogP contribution in [0.4, 0.5) is 5.69 Å². The van der Waals surface area contributed by atoms with Gasteiger partial charge in [-0.1, -0.05) is 15.9 Å². The Hall–Kier alpha value is -2.87. The van der Waals surface area contributed by atoms with Crippen molar-refractivity contribution in [3.63, 3.8) is 0 Å². The number of hydrogen-bond donors (Lipinski definition) is 1. The average Bonchev–Trinajstić information content (AvgIpc) is 2.88. The monoisotopic (exact) mass is 417 g/mol. The molecule has 1 N–H and O–H groups in total. The van der Waals surface area contributed by atoms with Crippen molar-refractivity contribution in [2.75, 3.05) is 13.7 Å². The summed E-state index contributed by atoms with van der Waals surface area (Å²) in [7, 11) is 3.28. The lowest BCUT2D eigenvalue weighted by molar-refractivity contribution is -0.120. The number of amides is 1. The molecule has 1 aromatic heterocycles. The Labute approximate surface area is 158 Å². The van der Waals surface area contributed by atoms with Crippen molar-refractivity contribution in [2.45, 2.75) is 0 Å². The van der Waals surface area contributed by atoms with Gasteiger partial charge in [-0.25, -0.2) is 0 Å². The van der Waals surface area contributed by atoms with Crippen LogP contribution in [-0.2, 0) is 11.8 Å². The summed E-state index contributed by atoms with van der Waals surface area (Å²) in [6.45, 7) is -0.259. The first kappa shape index (κ1) is 17.9. The molecule has 0 bridgehead atoms. The number of aryl methyl sites for hydroxylation is 1. The zero-order valence-corrected chi connectivity index (χ0v) is 15.7. The second-order valence-corrected chi connectivity index (χ2v) is 6.37. The van der Waals surface area contributed by atoms with Crippen LogP contribution in [0.3, 0.4) is 0 Å². The topological polar surface area (TPSA) is 85.4 Å². The van der Waals surface area contributed by atoms with Gasteiger partial charge < -0.3 is 19.1 Å². The molecule has 2 aromatic carbocycles. The molecule has 0 saturated carbocycles. The molecule has 0 saturated heterocycles. The summed E-state index contributed by atoms with van der Waals surface area (Å²) in [6.07, 6.45) is 0. The van der Waals surface area contributed by atoms with E-state index in [1.165, 1.54) is 0 Å². The molecule has 1 heterocycles. The maximum Gasteiger partial charge on any atom is 0.302 e. The number of carbonyl (C=O) groups is 1. The molecule has 134 valence electrons. The lowest BCUT2D eigenvalue weighted by Gasteiger charge is -2.04. The Kier molecular flexibility index (Phi) is 5.22. The first-order chi connectivity index (χ1) is 12.5. The summed E-state index contributed by atoms with van der Waals surface area (Å²) in [5.41, 5.74) is 1.02. The molecule has 0 unspecified atom stereocenters. The van der Waals surface area contributed by atoms with Crippen molar-refractivity contribution in [3.05, 3.63) is 46.9 Å². The molecule has 3 aromatic rings. The van der Waals surface area contributed by atoms with Crippen LogP contribution in [0.15, 0.2) is 57.2 Å². The molecule has 0 radical (unpaired) electrons. The van der Waals surface area contributed by atoms with Gasteiger partial charge in [0.2, 0.25) is 5.88 Å². The first-order valence-electron chi connectivity index (χ1n) is 7.68. The molecule has 0 aliphatic rings. The molecule has 8 heteroatoms. The summed E-state index contributed by atoms with van der Waals surface area (Å²) >= 11 is 3.38. The van der Waals surface area contributed by atoms with Gasteiger partial charge in [0.1, 0.15) is 11.5 Å². The minimum absolute atomic E-state index is 0.0641. The number of halogens is 1. The predicted molar refractivity (Wildman–Crippen MR) is 100 cm³/mol. The third-order valence-corrected chi connectivity index (χ3v) is 4.28. The number of rotatable bonds is 5. The fourth-order valence-electron chi connectivity index (χ4n) is 2.43. The number of azo groups is 1. The molecule has 0 aliphatic heterocycles. The lowest BCUT2D eigenvalue weighted by Crippen LogP contribution is -2.07. The quantitative estimate of drug-likeness (QED) is 0.625. The number of fused-ring (bicyclic) bond motifs is 1. The van der Waals surface area contributed by atoms with Gasteiger partial charge in [0.05, 0.1) is 12.6 Å². The second-order valence-electron chi connectivity index (χ2n) is 5.45. The van der Waals surface area contributed by atoms with Gasteiger partial charge in [-0.15, -0.1) is 10.2 Å². The molecular weight excluding hydrogens is 402 g/mol. The predicted octanol–water partition coefficient (Wildman–Crippen LogP) is 4.34. The fraction of sp³-hybridized carbons (Fsp3) is 0.167. The molecule has 0 spiro atoms. The normalized spacial score (nSPS) is 11.2. The van der Waals surface area contributed by atoms with E-state index in [0.29, 0.717) is 16.9 Å². The van der Waals surface area contributed by atoms with Crippen molar-refractivity contribution in [1.82, 2.24) is 4.57 Å². The highest BCUT2D eigenvalue weighted by atomic mass is 79.9. The minimum Gasteiger partial charge on any atom is -0.497 e. The van der Waals surface area contributed by atoms with Crippen molar-refractivity contribution < 1.29 is 19.4 Å². The molecule has 0 atom stereocenters. The van der Waals surface area contributed by atoms with E-state index in [-0.39, 0.29) is 18.2 Å². The average molecular weight is 418 g/mol. The van der Waals surface area contributed by atoms with E-state index in [1.807, 2.05) is 18.2 Å². The molecule has 26 heavy (non-hydrogen) atoms. The lowest BCUT2D eigenvalue weighted by atomic mass is 10.2.